The van der Waals surface area contributed by atoms with Gasteiger partial charge in [-0.25, -0.2) is 0 Å². The Bertz CT molecular complexity index is 832. The van der Waals surface area contributed by atoms with Gasteiger partial charge in [-0.3, -0.25) is 9.59 Å². The maximum absolute atomic E-state index is 12.2. The lowest BCUT2D eigenvalue weighted by molar-refractivity contribution is -0.131. The Morgan fingerprint density at radius 1 is 1.35 bits per heavy atom. The lowest BCUT2D eigenvalue weighted by atomic mass is 10.2. The topological polar surface area (TPSA) is 81.0 Å². The summed E-state index contributed by atoms with van der Waals surface area (Å²) < 4.78 is 15.7. The highest BCUT2D eigenvalue weighted by Gasteiger charge is 2.18. The summed E-state index contributed by atoms with van der Waals surface area (Å²) >= 11 is 6.10. The Balaban J connectivity index is 1.53. The number of nitrogens with one attached hydrogen (secondary N) is 1. The van der Waals surface area contributed by atoms with E-state index < -0.39 is 0 Å². The average molecular weight is 377 g/mol. The van der Waals surface area contributed by atoms with Gasteiger partial charge in [0.2, 0.25) is 18.6 Å². The van der Waals surface area contributed by atoms with Gasteiger partial charge in [0.05, 0.1) is 24.4 Å². The number of nitrogens with zero attached hydrogens (tertiary/aromatic N) is 1. The van der Waals surface area contributed by atoms with Gasteiger partial charge in [-0.1, -0.05) is 11.6 Å². The fraction of sp³-hybridized carbons (Fsp3) is 0.222. The van der Waals surface area contributed by atoms with E-state index in [0.29, 0.717) is 27.8 Å². The fourth-order valence-electron chi connectivity index (χ4n) is 2.33. The lowest BCUT2D eigenvalue weighted by Gasteiger charge is -2.14. The van der Waals surface area contributed by atoms with Gasteiger partial charge >= 0.3 is 0 Å². The number of benzene rings is 1. The smallest absolute Gasteiger partial charge is 0.246 e. The van der Waals surface area contributed by atoms with Crippen LogP contribution in [0.5, 0.6) is 11.5 Å². The summed E-state index contributed by atoms with van der Waals surface area (Å²) in [6, 6.07) is 6.90. The maximum atomic E-state index is 12.2. The largest absolute Gasteiger partial charge is 0.467 e. The Kier molecular flexibility index (Phi) is 5.48. The van der Waals surface area contributed by atoms with Gasteiger partial charge in [0.1, 0.15) is 5.76 Å². The molecule has 1 N–H and O–H groups in total. The highest BCUT2D eigenvalue weighted by molar-refractivity contribution is 6.32. The SMILES string of the molecule is CN(CC(=O)NCc1ccco1)C(=O)C=Cc1cc(Cl)c2c(c1)OCO2. The van der Waals surface area contributed by atoms with Crippen LogP contribution in [0.2, 0.25) is 5.02 Å². The summed E-state index contributed by atoms with van der Waals surface area (Å²) in [7, 11) is 1.55. The van der Waals surface area contributed by atoms with Crippen LogP contribution in [0.25, 0.3) is 6.08 Å². The molecule has 8 heteroatoms. The first-order chi connectivity index (χ1) is 12.5. The standard InChI is InChI=1S/C18H17ClN2O5/c1-21(10-16(22)20-9-13-3-2-6-24-13)17(23)5-4-12-7-14(19)18-15(8-12)25-11-26-18/h2-8H,9-11H2,1H3,(H,20,22). The van der Waals surface area contributed by atoms with Crippen molar-refractivity contribution in [1.29, 1.82) is 0 Å². The number of furan rings is 1. The van der Waals surface area contributed by atoms with E-state index in [1.54, 1.807) is 37.4 Å². The molecule has 0 saturated carbocycles. The molecule has 7 nitrogen and oxygen atoms in total. The number of halogens is 1. The van der Waals surface area contributed by atoms with Gasteiger partial charge in [-0.2, -0.15) is 0 Å². The monoisotopic (exact) mass is 376 g/mol. The number of hydrogen-bond donors (Lipinski definition) is 1. The van der Waals surface area contributed by atoms with E-state index in [4.69, 9.17) is 25.5 Å². The van der Waals surface area contributed by atoms with E-state index in [-0.39, 0.29) is 31.7 Å². The van der Waals surface area contributed by atoms with Gasteiger partial charge < -0.3 is 24.1 Å². The summed E-state index contributed by atoms with van der Waals surface area (Å²) in [6.45, 7) is 0.335. The fourth-order valence-corrected chi connectivity index (χ4v) is 2.60. The molecule has 26 heavy (non-hydrogen) atoms. The van der Waals surface area contributed by atoms with Crippen molar-refractivity contribution in [3.63, 3.8) is 0 Å². The van der Waals surface area contributed by atoms with Crippen molar-refractivity contribution in [3.8, 4) is 11.5 Å². The second-order valence-electron chi connectivity index (χ2n) is 5.62. The van der Waals surface area contributed by atoms with Crippen molar-refractivity contribution in [2.45, 2.75) is 6.54 Å². The molecule has 2 heterocycles. The molecular weight excluding hydrogens is 360 g/mol. The van der Waals surface area contributed by atoms with E-state index in [0.717, 1.165) is 0 Å². The molecule has 0 radical (unpaired) electrons. The van der Waals surface area contributed by atoms with Gasteiger partial charge in [0, 0.05) is 13.1 Å². The van der Waals surface area contributed by atoms with Crippen molar-refractivity contribution < 1.29 is 23.5 Å². The van der Waals surface area contributed by atoms with Crippen LogP contribution in [0.4, 0.5) is 0 Å². The number of ether oxygens (including phenoxy) is 2. The highest BCUT2D eigenvalue weighted by atomic mass is 35.5. The molecule has 136 valence electrons. The Labute approximate surface area is 155 Å². The summed E-state index contributed by atoms with van der Waals surface area (Å²) in [5.41, 5.74) is 0.697. The molecular formula is C18H17ClN2O5. The van der Waals surface area contributed by atoms with Crippen LogP contribution < -0.4 is 14.8 Å². The lowest BCUT2D eigenvalue weighted by Crippen LogP contribution is -2.37. The van der Waals surface area contributed by atoms with Gasteiger partial charge in [-0.05, 0) is 35.9 Å². The van der Waals surface area contributed by atoms with E-state index >= 15 is 0 Å². The molecule has 0 saturated heterocycles. The molecule has 0 aliphatic carbocycles. The van der Waals surface area contributed by atoms with Crippen LogP contribution in [0.15, 0.2) is 41.0 Å². The molecule has 1 aliphatic heterocycles. The molecule has 0 bridgehead atoms. The molecule has 2 amide bonds. The Hall–Kier alpha value is -2.93. The Morgan fingerprint density at radius 2 is 2.19 bits per heavy atom. The van der Waals surface area contributed by atoms with E-state index in [2.05, 4.69) is 5.32 Å². The van der Waals surface area contributed by atoms with Crippen molar-refractivity contribution >= 4 is 29.5 Å². The molecule has 1 aromatic heterocycles. The summed E-state index contributed by atoms with van der Waals surface area (Å²) in [5.74, 6) is 1.09. The van der Waals surface area contributed by atoms with Gasteiger partial charge in [0.25, 0.3) is 0 Å². The second-order valence-corrected chi connectivity index (χ2v) is 6.03. The van der Waals surface area contributed by atoms with Gasteiger partial charge in [0.15, 0.2) is 11.5 Å². The number of amides is 2. The highest BCUT2D eigenvalue weighted by Crippen LogP contribution is 2.40. The van der Waals surface area contributed by atoms with Crippen LogP contribution >= 0.6 is 11.6 Å². The van der Waals surface area contributed by atoms with E-state index in [1.807, 2.05) is 0 Å². The Morgan fingerprint density at radius 3 is 2.96 bits per heavy atom. The zero-order chi connectivity index (χ0) is 18.5. The number of likely N-dealkylation sites (N-methyl/N-ethyl adjacent to an activating group) is 1. The second kappa shape index (κ2) is 7.97. The summed E-state index contributed by atoms with van der Waals surface area (Å²) in [6.07, 6.45) is 4.51. The molecule has 0 atom stereocenters. The zero-order valence-corrected chi connectivity index (χ0v) is 14.8. The number of fused-ring (bicyclic) bond motifs is 1. The van der Waals surface area contributed by atoms with Crippen LogP contribution in [-0.4, -0.2) is 37.1 Å². The number of hydrogen-bond acceptors (Lipinski definition) is 5. The number of rotatable bonds is 6. The molecule has 0 fully saturated rings. The number of carbonyl (C=O) groups is 2. The molecule has 3 rings (SSSR count). The summed E-state index contributed by atoms with van der Waals surface area (Å²) in [5, 5.41) is 3.10. The minimum atomic E-state index is -0.313. The van der Waals surface area contributed by atoms with Crippen LogP contribution in [0, 0.1) is 0 Å². The minimum absolute atomic E-state index is 0.0637. The first-order valence-corrected chi connectivity index (χ1v) is 8.22. The molecule has 2 aromatic rings. The van der Waals surface area contributed by atoms with E-state index in [9.17, 15) is 9.59 Å². The van der Waals surface area contributed by atoms with Gasteiger partial charge in [-0.15, -0.1) is 0 Å². The quantitative estimate of drug-likeness (QED) is 0.783. The minimum Gasteiger partial charge on any atom is -0.467 e. The third kappa shape index (κ3) is 4.37. The third-order valence-corrected chi connectivity index (χ3v) is 3.95. The predicted octanol–water partition coefficient (Wildman–Crippen LogP) is 2.45. The van der Waals surface area contributed by atoms with Crippen LogP contribution in [0.3, 0.4) is 0 Å². The van der Waals surface area contributed by atoms with Crippen molar-refractivity contribution in [3.05, 3.63) is 53.0 Å². The summed E-state index contributed by atoms with van der Waals surface area (Å²) in [4.78, 5) is 25.3. The number of carbonyl (C=O) groups excluding carboxylic acids is 2. The van der Waals surface area contributed by atoms with Crippen molar-refractivity contribution in [2.75, 3.05) is 20.4 Å². The average Bonchev–Trinajstić information content (AvgIpc) is 3.29. The molecule has 0 spiro atoms. The normalized spacial score (nSPS) is 12.4. The molecule has 1 aliphatic rings. The van der Waals surface area contributed by atoms with Crippen LogP contribution in [0.1, 0.15) is 11.3 Å². The molecule has 1 aromatic carbocycles. The van der Waals surface area contributed by atoms with Crippen LogP contribution in [-0.2, 0) is 16.1 Å². The maximum Gasteiger partial charge on any atom is 0.246 e. The first-order valence-electron chi connectivity index (χ1n) is 7.84. The third-order valence-electron chi connectivity index (χ3n) is 3.66. The first kappa shape index (κ1) is 17.9. The van der Waals surface area contributed by atoms with Crippen molar-refractivity contribution in [2.24, 2.45) is 0 Å². The predicted molar refractivity (Wildman–Crippen MR) is 94.8 cm³/mol. The van der Waals surface area contributed by atoms with E-state index in [1.165, 1.54) is 17.2 Å². The van der Waals surface area contributed by atoms with Crippen molar-refractivity contribution in [1.82, 2.24) is 10.2 Å². The zero-order valence-electron chi connectivity index (χ0n) is 14.0. The molecule has 0 unspecified atom stereocenters.